The number of piperidine rings is 1. The van der Waals surface area contributed by atoms with Crippen molar-refractivity contribution in [1.82, 2.24) is 10.3 Å². The Hall–Kier alpha value is -1.60. The molecule has 2 rings (SSSR count). The molecule has 16 heavy (non-hydrogen) atoms. The highest BCUT2D eigenvalue weighted by Crippen LogP contribution is 2.11. The predicted molar refractivity (Wildman–Crippen MR) is 60.1 cm³/mol. The maximum Gasteiger partial charge on any atom is 0.214 e. The van der Waals surface area contributed by atoms with Crippen LogP contribution in [0.25, 0.3) is 0 Å². The second-order valence-electron chi connectivity index (χ2n) is 3.95. The van der Waals surface area contributed by atoms with Crippen molar-refractivity contribution < 1.29 is 4.74 Å². The van der Waals surface area contributed by atoms with Crippen molar-refractivity contribution in [3.05, 3.63) is 23.9 Å². The number of hydrogen-bond acceptors (Lipinski definition) is 4. The van der Waals surface area contributed by atoms with Gasteiger partial charge in [-0.05, 0) is 25.5 Å². The van der Waals surface area contributed by atoms with E-state index in [0.717, 1.165) is 13.0 Å². The minimum atomic E-state index is 0.418. The van der Waals surface area contributed by atoms with Gasteiger partial charge in [0.15, 0.2) is 0 Å². The topological polar surface area (TPSA) is 57.9 Å². The first-order valence-corrected chi connectivity index (χ1v) is 5.61. The predicted octanol–water partition coefficient (Wildman–Crippen LogP) is 1.47. The smallest absolute Gasteiger partial charge is 0.214 e. The van der Waals surface area contributed by atoms with Gasteiger partial charge < -0.3 is 10.1 Å². The number of ether oxygens (including phenoxy) is 1. The normalized spacial score (nSPS) is 20.1. The molecule has 2 heterocycles. The number of nitrogens with zero attached hydrogens (tertiary/aromatic N) is 2. The van der Waals surface area contributed by atoms with Crippen LogP contribution in [0.5, 0.6) is 5.88 Å². The summed E-state index contributed by atoms with van der Waals surface area (Å²) in [5.41, 5.74) is 0.585. The number of aromatic nitrogens is 1. The van der Waals surface area contributed by atoms with E-state index < -0.39 is 0 Å². The van der Waals surface area contributed by atoms with Crippen molar-refractivity contribution in [2.75, 3.05) is 13.2 Å². The summed E-state index contributed by atoms with van der Waals surface area (Å²) in [7, 11) is 0. The van der Waals surface area contributed by atoms with E-state index in [1.54, 1.807) is 18.3 Å². The van der Waals surface area contributed by atoms with Gasteiger partial charge in [0.2, 0.25) is 5.88 Å². The Balaban J connectivity index is 1.86. The summed E-state index contributed by atoms with van der Waals surface area (Å²) in [6, 6.07) is 5.83. The third-order valence-electron chi connectivity index (χ3n) is 2.71. The Morgan fingerprint density at radius 2 is 2.50 bits per heavy atom. The molecule has 1 aromatic rings. The van der Waals surface area contributed by atoms with Gasteiger partial charge in [-0.3, -0.25) is 0 Å². The maximum atomic E-state index is 8.73. The minimum Gasteiger partial charge on any atom is -0.476 e. The molecule has 84 valence electrons. The van der Waals surface area contributed by atoms with Crippen LogP contribution in [0.1, 0.15) is 24.8 Å². The van der Waals surface area contributed by atoms with Gasteiger partial charge in [-0.25, -0.2) is 4.98 Å². The maximum absolute atomic E-state index is 8.73. The molecule has 1 N–H and O–H groups in total. The van der Waals surface area contributed by atoms with E-state index >= 15 is 0 Å². The quantitative estimate of drug-likeness (QED) is 0.833. The lowest BCUT2D eigenvalue weighted by atomic mass is 10.1. The van der Waals surface area contributed by atoms with Crippen molar-refractivity contribution in [2.45, 2.75) is 25.3 Å². The monoisotopic (exact) mass is 217 g/mol. The van der Waals surface area contributed by atoms with Gasteiger partial charge in [-0.1, -0.05) is 6.42 Å². The minimum absolute atomic E-state index is 0.418. The van der Waals surface area contributed by atoms with Crippen molar-refractivity contribution in [3.8, 4) is 11.9 Å². The highest BCUT2D eigenvalue weighted by molar-refractivity contribution is 5.31. The molecule has 1 aromatic heterocycles. The third-order valence-corrected chi connectivity index (χ3v) is 2.71. The number of nitriles is 1. The van der Waals surface area contributed by atoms with E-state index in [1.807, 2.05) is 0 Å². The van der Waals surface area contributed by atoms with Crippen molar-refractivity contribution >= 4 is 0 Å². The average molecular weight is 217 g/mol. The summed E-state index contributed by atoms with van der Waals surface area (Å²) >= 11 is 0. The lowest BCUT2D eigenvalue weighted by Crippen LogP contribution is -2.38. The van der Waals surface area contributed by atoms with E-state index in [-0.39, 0.29) is 0 Å². The molecule has 1 saturated heterocycles. The highest BCUT2D eigenvalue weighted by atomic mass is 16.5. The number of pyridine rings is 1. The van der Waals surface area contributed by atoms with Gasteiger partial charge >= 0.3 is 0 Å². The second kappa shape index (κ2) is 5.47. The fourth-order valence-electron chi connectivity index (χ4n) is 1.81. The molecule has 0 radical (unpaired) electrons. The van der Waals surface area contributed by atoms with Gasteiger partial charge in [0.1, 0.15) is 6.61 Å². The second-order valence-corrected chi connectivity index (χ2v) is 3.95. The third kappa shape index (κ3) is 2.94. The zero-order valence-corrected chi connectivity index (χ0v) is 9.15. The summed E-state index contributed by atoms with van der Waals surface area (Å²) in [4.78, 5) is 4.07. The molecular formula is C12H15N3O. The molecular weight excluding hydrogens is 202 g/mol. The van der Waals surface area contributed by atoms with E-state index in [4.69, 9.17) is 10.00 Å². The first-order chi connectivity index (χ1) is 7.88. The zero-order valence-electron chi connectivity index (χ0n) is 9.15. The van der Waals surface area contributed by atoms with Gasteiger partial charge in [0.25, 0.3) is 0 Å². The SMILES string of the molecule is N#Cc1ccnc(OCC2CCCCN2)c1. The largest absolute Gasteiger partial charge is 0.476 e. The molecule has 1 aliphatic heterocycles. The van der Waals surface area contributed by atoms with Crippen molar-refractivity contribution in [2.24, 2.45) is 0 Å². The van der Waals surface area contributed by atoms with Crippen LogP contribution in [0.4, 0.5) is 0 Å². The number of nitrogens with one attached hydrogen (secondary N) is 1. The summed E-state index contributed by atoms with van der Waals surface area (Å²) in [6.07, 6.45) is 5.26. The molecule has 1 aliphatic rings. The van der Waals surface area contributed by atoms with Crippen LogP contribution in [-0.2, 0) is 0 Å². The molecule has 4 nitrogen and oxygen atoms in total. The lowest BCUT2D eigenvalue weighted by Gasteiger charge is -2.23. The van der Waals surface area contributed by atoms with Gasteiger partial charge in [-0.15, -0.1) is 0 Å². The summed E-state index contributed by atoms with van der Waals surface area (Å²) in [5.74, 6) is 0.534. The molecule has 0 spiro atoms. The molecule has 0 bridgehead atoms. The highest BCUT2D eigenvalue weighted by Gasteiger charge is 2.13. The van der Waals surface area contributed by atoms with Crippen molar-refractivity contribution in [1.29, 1.82) is 5.26 Å². The molecule has 4 heteroatoms. The Morgan fingerprint density at radius 1 is 1.56 bits per heavy atom. The van der Waals surface area contributed by atoms with Crippen LogP contribution in [0, 0.1) is 11.3 Å². The first kappa shape index (κ1) is 10.9. The Morgan fingerprint density at radius 3 is 3.25 bits per heavy atom. The molecule has 1 atom stereocenters. The fraction of sp³-hybridized carbons (Fsp3) is 0.500. The lowest BCUT2D eigenvalue weighted by molar-refractivity contribution is 0.232. The average Bonchev–Trinajstić information content (AvgIpc) is 2.38. The zero-order chi connectivity index (χ0) is 11.2. The van der Waals surface area contributed by atoms with Crippen LogP contribution in [0.15, 0.2) is 18.3 Å². The summed E-state index contributed by atoms with van der Waals surface area (Å²) in [5, 5.41) is 12.1. The number of hydrogen-bond donors (Lipinski definition) is 1. The van der Waals surface area contributed by atoms with Crippen LogP contribution < -0.4 is 10.1 Å². The van der Waals surface area contributed by atoms with Gasteiger partial charge in [-0.2, -0.15) is 5.26 Å². The molecule has 0 aromatic carbocycles. The van der Waals surface area contributed by atoms with E-state index in [2.05, 4.69) is 16.4 Å². The van der Waals surface area contributed by atoms with E-state index in [0.29, 0.717) is 24.1 Å². The van der Waals surface area contributed by atoms with Gasteiger partial charge in [0, 0.05) is 18.3 Å². The molecule has 0 amide bonds. The van der Waals surface area contributed by atoms with Crippen LogP contribution in [0.2, 0.25) is 0 Å². The summed E-state index contributed by atoms with van der Waals surface area (Å²) in [6.45, 7) is 1.70. The molecule has 0 saturated carbocycles. The Kier molecular flexibility index (Phi) is 3.73. The summed E-state index contributed by atoms with van der Waals surface area (Å²) < 4.78 is 5.56. The molecule has 1 fully saturated rings. The van der Waals surface area contributed by atoms with E-state index in [9.17, 15) is 0 Å². The molecule has 0 aliphatic carbocycles. The van der Waals surface area contributed by atoms with Crippen molar-refractivity contribution in [3.63, 3.8) is 0 Å². The van der Waals surface area contributed by atoms with E-state index in [1.165, 1.54) is 12.8 Å². The van der Waals surface area contributed by atoms with Crippen LogP contribution >= 0.6 is 0 Å². The standard InChI is InChI=1S/C12H15N3O/c13-8-10-4-6-15-12(7-10)16-9-11-3-1-2-5-14-11/h4,6-7,11,14H,1-3,5,9H2. The Labute approximate surface area is 95.3 Å². The number of rotatable bonds is 3. The fourth-order valence-corrected chi connectivity index (χ4v) is 1.81. The first-order valence-electron chi connectivity index (χ1n) is 5.61. The Bertz CT molecular complexity index is 380. The van der Waals surface area contributed by atoms with Gasteiger partial charge in [0.05, 0.1) is 11.6 Å². The van der Waals surface area contributed by atoms with Crippen LogP contribution in [-0.4, -0.2) is 24.2 Å². The van der Waals surface area contributed by atoms with Crippen LogP contribution in [0.3, 0.4) is 0 Å². The molecule has 1 unspecified atom stereocenters.